The summed E-state index contributed by atoms with van der Waals surface area (Å²) in [5.41, 5.74) is 3.21. The van der Waals surface area contributed by atoms with Gasteiger partial charge in [0.25, 0.3) is 0 Å². The molecule has 2 aromatic rings. The Bertz CT molecular complexity index is 802. The summed E-state index contributed by atoms with van der Waals surface area (Å²) in [5.74, 6) is 2.21. The van der Waals surface area contributed by atoms with E-state index in [9.17, 15) is 0 Å². The van der Waals surface area contributed by atoms with Gasteiger partial charge in [0.05, 0.1) is 13.2 Å². The van der Waals surface area contributed by atoms with E-state index >= 15 is 0 Å². The highest BCUT2D eigenvalue weighted by atomic mass is 127. The fourth-order valence-corrected chi connectivity index (χ4v) is 2.76. The highest BCUT2D eigenvalue weighted by Gasteiger charge is 2.08. The van der Waals surface area contributed by atoms with Gasteiger partial charge in [0.2, 0.25) is 5.88 Å². The number of halogens is 1. The zero-order valence-electron chi connectivity index (χ0n) is 18.9. The maximum atomic E-state index is 5.92. The Hall–Kier alpha value is -2.07. The number of hydrogen-bond donors (Lipinski definition) is 2. The molecule has 0 amide bonds. The summed E-state index contributed by atoms with van der Waals surface area (Å²) in [6.07, 6.45) is 2.68. The summed E-state index contributed by atoms with van der Waals surface area (Å²) in [6, 6.07) is 10.1. The molecule has 2 N–H and O–H groups in total. The lowest BCUT2D eigenvalue weighted by molar-refractivity contribution is 0.110. The van der Waals surface area contributed by atoms with Gasteiger partial charge in [0.15, 0.2) is 5.96 Å². The van der Waals surface area contributed by atoms with Gasteiger partial charge in [-0.05, 0) is 38.0 Å². The van der Waals surface area contributed by atoms with Crippen molar-refractivity contribution >= 4 is 29.9 Å². The van der Waals surface area contributed by atoms with Gasteiger partial charge in [-0.3, -0.25) is 4.99 Å². The molecule has 1 heterocycles. The van der Waals surface area contributed by atoms with Gasteiger partial charge in [-0.15, -0.1) is 24.0 Å². The SMILES string of the molecule is CCCOc1ncccc1CNC(=NC)NCc1ccc(C)cc1OCCOCC.I. The normalized spacial score (nSPS) is 10.9. The van der Waals surface area contributed by atoms with E-state index in [1.54, 1.807) is 13.2 Å². The van der Waals surface area contributed by atoms with Crippen LogP contribution in [-0.2, 0) is 17.8 Å². The lowest BCUT2D eigenvalue weighted by Crippen LogP contribution is -2.36. The van der Waals surface area contributed by atoms with Gasteiger partial charge in [-0.1, -0.05) is 25.1 Å². The molecule has 7 nitrogen and oxygen atoms in total. The van der Waals surface area contributed by atoms with E-state index in [4.69, 9.17) is 14.2 Å². The lowest BCUT2D eigenvalue weighted by Gasteiger charge is -2.16. The fraction of sp³-hybridized carbons (Fsp3) is 0.478. The van der Waals surface area contributed by atoms with Crippen molar-refractivity contribution in [3.05, 3.63) is 53.2 Å². The molecule has 0 radical (unpaired) electrons. The standard InChI is InChI=1S/C23H34N4O3.HI/c1-5-12-30-22-20(8-7-11-25-22)17-27-23(24-4)26-16-19-10-9-18(3)15-21(19)29-14-13-28-6-2;/h7-11,15H,5-6,12-14,16-17H2,1-4H3,(H2,24,26,27);1H. The Morgan fingerprint density at radius 3 is 2.48 bits per heavy atom. The maximum absolute atomic E-state index is 5.92. The van der Waals surface area contributed by atoms with Crippen LogP contribution in [0.1, 0.15) is 37.0 Å². The van der Waals surface area contributed by atoms with Crippen LogP contribution in [0.4, 0.5) is 0 Å². The molecule has 0 aliphatic heterocycles. The number of aromatic nitrogens is 1. The first kappa shape index (κ1) is 27.0. The number of guanidine groups is 1. The molecule has 172 valence electrons. The van der Waals surface area contributed by atoms with Gasteiger partial charge in [-0.2, -0.15) is 0 Å². The summed E-state index contributed by atoms with van der Waals surface area (Å²) >= 11 is 0. The molecular weight excluding hydrogens is 507 g/mol. The number of aliphatic imine (C=N–C) groups is 1. The topological polar surface area (TPSA) is 77.0 Å². The molecule has 0 spiro atoms. The summed E-state index contributed by atoms with van der Waals surface area (Å²) < 4.78 is 17.0. The van der Waals surface area contributed by atoms with E-state index in [0.29, 0.717) is 51.4 Å². The van der Waals surface area contributed by atoms with Crippen LogP contribution in [0.3, 0.4) is 0 Å². The molecule has 2 rings (SSSR count). The first-order valence-corrected chi connectivity index (χ1v) is 10.5. The highest BCUT2D eigenvalue weighted by Crippen LogP contribution is 2.20. The Labute approximate surface area is 203 Å². The number of aryl methyl sites for hydroxylation is 1. The Morgan fingerprint density at radius 1 is 1.00 bits per heavy atom. The number of benzene rings is 1. The molecule has 1 aromatic carbocycles. The summed E-state index contributed by atoms with van der Waals surface area (Å²) in [5, 5.41) is 6.67. The molecule has 0 aliphatic carbocycles. The lowest BCUT2D eigenvalue weighted by atomic mass is 10.1. The molecule has 0 atom stereocenters. The summed E-state index contributed by atoms with van der Waals surface area (Å²) in [7, 11) is 1.75. The predicted molar refractivity (Wildman–Crippen MR) is 136 cm³/mol. The third-order valence-electron chi connectivity index (χ3n) is 4.32. The van der Waals surface area contributed by atoms with Crippen molar-refractivity contribution in [1.82, 2.24) is 15.6 Å². The van der Waals surface area contributed by atoms with Gasteiger partial charge in [0, 0.05) is 44.1 Å². The average molecular weight is 542 g/mol. The molecule has 0 saturated carbocycles. The molecule has 1 aromatic heterocycles. The van der Waals surface area contributed by atoms with E-state index in [0.717, 1.165) is 28.9 Å². The van der Waals surface area contributed by atoms with Crippen molar-refractivity contribution in [2.75, 3.05) is 33.5 Å². The van der Waals surface area contributed by atoms with Crippen molar-refractivity contribution in [2.45, 2.75) is 40.3 Å². The minimum absolute atomic E-state index is 0. The minimum atomic E-state index is 0. The second-order valence-electron chi connectivity index (χ2n) is 6.75. The monoisotopic (exact) mass is 542 g/mol. The fourth-order valence-electron chi connectivity index (χ4n) is 2.76. The van der Waals surface area contributed by atoms with Gasteiger partial charge in [0.1, 0.15) is 12.4 Å². The van der Waals surface area contributed by atoms with Crippen LogP contribution in [0.5, 0.6) is 11.6 Å². The number of nitrogens with one attached hydrogen (secondary N) is 2. The van der Waals surface area contributed by atoms with Crippen LogP contribution < -0.4 is 20.1 Å². The Balaban J connectivity index is 0.00000480. The van der Waals surface area contributed by atoms with Crippen molar-refractivity contribution in [1.29, 1.82) is 0 Å². The van der Waals surface area contributed by atoms with Crippen LogP contribution in [0.2, 0.25) is 0 Å². The molecule has 8 heteroatoms. The van der Waals surface area contributed by atoms with Crippen molar-refractivity contribution < 1.29 is 14.2 Å². The van der Waals surface area contributed by atoms with Crippen LogP contribution in [0.25, 0.3) is 0 Å². The van der Waals surface area contributed by atoms with Gasteiger partial charge >= 0.3 is 0 Å². The third kappa shape index (κ3) is 9.73. The van der Waals surface area contributed by atoms with E-state index in [1.165, 1.54) is 0 Å². The Kier molecular flexibility index (Phi) is 13.6. The van der Waals surface area contributed by atoms with Crippen LogP contribution >= 0.6 is 24.0 Å². The molecular formula is C23H35IN4O3. The van der Waals surface area contributed by atoms with Crippen molar-refractivity contribution in [2.24, 2.45) is 4.99 Å². The minimum Gasteiger partial charge on any atom is -0.491 e. The molecule has 0 bridgehead atoms. The highest BCUT2D eigenvalue weighted by molar-refractivity contribution is 14.0. The van der Waals surface area contributed by atoms with E-state index < -0.39 is 0 Å². The van der Waals surface area contributed by atoms with Crippen molar-refractivity contribution in [3.8, 4) is 11.6 Å². The van der Waals surface area contributed by atoms with Gasteiger partial charge in [-0.25, -0.2) is 4.98 Å². The number of ether oxygens (including phenoxy) is 3. The van der Waals surface area contributed by atoms with E-state index in [2.05, 4.69) is 46.6 Å². The second kappa shape index (κ2) is 15.7. The molecule has 0 unspecified atom stereocenters. The smallest absolute Gasteiger partial charge is 0.218 e. The van der Waals surface area contributed by atoms with Crippen LogP contribution in [0, 0.1) is 6.92 Å². The van der Waals surface area contributed by atoms with Crippen molar-refractivity contribution in [3.63, 3.8) is 0 Å². The van der Waals surface area contributed by atoms with Gasteiger partial charge < -0.3 is 24.8 Å². The zero-order valence-corrected chi connectivity index (χ0v) is 21.3. The first-order chi connectivity index (χ1) is 14.7. The average Bonchev–Trinajstić information content (AvgIpc) is 2.77. The quantitative estimate of drug-likeness (QED) is 0.182. The summed E-state index contributed by atoms with van der Waals surface area (Å²) in [6.45, 7) is 9.71. The number of pyridine rings is 1. The third-order valence-corrected chi connectivity index (χ3v) is 4.32. The van der Waals surface area contributed by atoms with E-state index in [1.807, 2.05) is 25.1 Å². The Morgan fingerprint density at radius 2 is 1.77 bits per heavy atom. The van der Waals surface area contributed by atoms with E-state index in [-0.39, 0.29) is 24.0 Å². The molecule has 31 heavy (non-hydrogen) atoms. The number of hydrogen-bond acceptors (Lipinski definition) is 5. The van der Waals surface area contributed by atoms with Crippen LogP contribution in [0.15, 0.2) is 41.5 Å². The number of nitrogens with zero attached hydrogens (tertiary/aromatic N) is 2. The zero-order chi connectivity index (χ0) is 21.6. The number of rotatable bonds is 12. The second-order valence-corrected chi connectivity index (χ2v) is 6.75. The maximum Gasteiger partial charge on any atom is 0.218 e. The predicted octanol–water partition coefficient (Wildman–Crippen LogP) is 4.08. The first-order valence-electron chi connectivity index (χ1n) is 10.5. The molecule has 0 fully saturated rings. The summed E-state index contributed by atoms with van der Waals surface area (Å²) in [4.78, 5) is 8.64. The largest absolute Gasteiger partial charge is 0.491 e. The van der Waals surface area contributed by atoms with Crippen LogP contribution in [-0.4, -0.2) is 44.4 Å². The molecule has 0 saturated heterocycles. The molecule has 0 aliphatic rings.